The van der Waals surface area contributed by atoms with Crippen molar-refractivity contribution in [2.45, 2.75) is 17.3 Å². The zero-order valence-corrected chi connectivity index (χ0v) is 13.3. The van der Waals surface area contributed by atoms with Crippen molar-refractivity contribution in [1.82, 2.24) is 9.97 Å². The number of fused-ring (bicyclic) bond motifs is 1. The fourth-order valence-corrected chi connectivity index (χ4v) is 2.98. The van der Waals surface area contributed by atoms with E-state index in [4.69, 9.17) is 0 Å². The largest absolute Gasteiger partial charge is 0.325 e. The minimum Gasteiger partial charge on any atom is -0.325 e. The minimum atomic E-state index is -0.389. The summed E-state index contributed by atoms with van der Waals surface area (Å²) < 4.78 is 0. The molecule has 2 aromatic carbocycles. The molecule has 5 nitrogen and oxygen atoms in total. The van der Waals surface area contributed by atoms with Crippen LogP contribution in [0.4, 0.5) is 5.69 Å². The molecule has 2 N–H and O–H groups in total. The summed E-state index contributed by atoms with van der Waals surface area (Å²) in [6.07, 6.45) is 1.43. The van der Waals surface area contributed by atoms with Crippen LogP contribution in [0.15, 0.2) is 64.7 Å². The van der Waals surface area contributed by atoms with Gasteiger partial charge in [0.2, 0.25) is 5.91 Å². The van der Waals surface area contributed by atoms with Crippen LogP contribution in [-0.4, -0.2) is 21.1 Å². The molecule has 1 aromatic heterocycles. The van der Waals surface area contributed by atoms with E-state index in [1.807, 2.05) is 42.5 Å². The van der Waals surface area contributed by atoms with Crippen molar-refractivity contribution in [3.05, 3.63) is 65.1 Å². The van der Waals surface area contributed by atoms with Gasteiger partial charge in [-0.15, -0.1) is 0 Å². The van der Waals surface area contributed by atoms with Crippen LogP contribution in [0.25, 0.3) is 10.8 Å². The van der Waals surface area contributed by atoms with Crippen LogP contribution in [0.3, 0.4) is 0 Å². The summed E-state index contributed by atoms with van der Waals surface area (Å²) in [5.74, 6) is -0.141. The number of hydrogen-bond donors (Lipinski definition) is 2. The molecule has 1 heterocycles. The summed E-state index contributed by atoms with van der Waals surface area (Å²) in [7, 11) is 0. The minimum absolute atomic E-state index is 0.141. The van der Waals surface area contributed by atoms with Crippen molar-refractivity contribution >= 4 is 34.1 Å². The van der Waals surface area contributed by atoms with Gasteiger partial charge in [0.15, 0.2) is 5.16 Å². The molecule has 6 heteroatoms. The Kier molecular flexibility index (Phi) is 4.43. The molecule has 0 radical (unpaired) electrons. The molecule has 0 saturated heterocycles. The quantitative estimate of drug-likeness (QED) is 0.571. The SMILES string of the molecule is CC(Sc1nccc(=O)[nH]1)C(=O)Nc1cccc2ccccc12. The number of carbonyl (C=O) groups excluding carboxylic acids is 1. The first-order valence-corrected chi connectivity index (χ1v) is 8.02. The van der Waals surface area contributed by atoms with Gasteiger partial charge in [0, 0.05) is 23.3 Å². The monoisotopic (exact) mass is 325 g/mol. The van der Waals surface area contributed by atoms with Gasteiger partial charge >= 0.3 is 0 Å². The molecule has 0 aliphatic carbocycles. The molecule has 1 unspecified atom stereocenters. The van der Waals surface area contributed by atoms with Gasteiger partial charge in [0.1, 0.15) is 0 Å². The van der Waals surface area contributed by atoms with Gasteiger partial charge in [-0.2, -0.15) is 0 Å². The van der Waals surface area contributed by atoms with E-state index < -0.39 is 0 Å². The number of hydrogen-bond acceptors (Lipinski definition) is 4. The Bertz CT molecular complexity index is 902. The standard InChI is InChI=1S/C17H15N3O2S/c1-11(23-17-18-10-9-15(21)20-17)16(22)19-14-8-4-6-12-5-2-3-7-13(12)14/h2-11H,1H3,(H,19,22)(H,18,20,21). The normalized spacial score (nSPS) is 12.0. The second kappa shape index (κ2) is 6.66. The van der Waals surface area contributed by atoms with E-state index in [1.54, 1.807) is 6.92 Å². The fraction of sp³-hybridized carbons (Fsp3) is 0.118. The van der Waals surface area contributed by atoms with Gasteiger partial charge in [-0.05, 0) is 18.4 Å². The molecule has 0 fully saturated rings. The highest BCUT2D eigenvalue weighted by molar-refractivity contribution is 8.00. The fourth-order valence-electron chi connectivity index (χ4n) is 2.20. The number of thioether (sulfide) groups is 1. The van der Waals surface area contributed by atoms with E-state index in [2.05, 4.69) is 15.3 Å². The zero-order chi connectivity index (χ0) is 16.2. The topological polar surface area (TPSA) is 74.8 Å². The lowest BCUT2D eigenvalue weighted by Gasteiger charge is -2.13. The molecule has 3 rings (SSSR count). The molecule has 23 heavy (non-hydrogen) atoms. The second-order valence-electron chi connectivity index (χ2n) is 5.02. The van der Waals surface area contributed by atoms with E-state index in [-0.39, 0.29) is 16.7 Å². The van der Waals surface area contributed by atoms with Crippen molar-refractivity contribution in [3.63, 3.8) is 0 Å². The zero-order valence-electron chi connectivity index (χ0n) is 12.4. The van der Waals surface area contributed by atoms with E-state index in [0.29, 0.717) is 5.16 Å². The lowest BCUT2D eigenvalue weighted by molar-refractivity contribution is -0.115. The number of nitrogens with zero attached hydrogens (tertiary/aromatic N) is 1. The molecular weight excluding hydrogens is 310 g/mol. The predicted octanol–water partition coefficient (Wildman–Crippen LogP) is 3.04. The van der Waals surface area contributed by atoms with Crippen molar-refractivity contribution in [3.8, 4) is 0 Å². The van der Waals surface area contributed by atoms with Crippen LogP contribution in [0.1, 0.15) is 6.92 Å². The van der Waals surface area contributed by atoms with Crippen LogP contribution in [-0.2, 0) is 4.79 Å². The summed E-state index contributed by atoms with van der Waals surface area (Å²) in [6.45, 7) is 1.78. The molecule has 0 aliphatic heterocycles. The Balaban J connectivity index is 1.76. The number of carbonyl (C=O) groups is 1. The van der Waals surface area contributed by atoms with Crippen molar-refractivity contribution in [1.29, 1.82) is 0 Å². The van der Waals surface area contributed by atoms with Crippen LogP contribution in [0.2, 0.25) is 0 Å². The third-order valence-electron chi connectivity index (χ3n) is 3.35. The van der Waals surface area contributed by atoms with Crippen molar-refractivity contribution in [2.24, 2.45) is 0 Å². The Hall–Kier alpha value is -2.60. The van der Waals surface area contributed by atoms with Crippen LogP contribution in [0, 0.1) is 0 Å². The first-order valence-electron chi connectivity index (χ1n) is 7.14. The number of anilines is 1. The van der Waals surface area contributed by atoms with E-state index in [0.717, 1.165) is 16.5 Å². The molecule has 0 bridgehead atoms. The van der Waals surface area contributed by atoms with Crippen LogP contribution >= 0.6 is 11.8 Å². The second-order valence-corrected chi connectivity index (χ2v) is 6.34. The Morgan fingerprint density at radius 1 is 1.17 bits per heavy atom. The maximum absolute atomic E-state index is 12.4. The highest BCUT2D eigenvalue weighted by Gasteiger charge is 2.16. The first kappa shape index (κ1) is 15.3. The predicted molar refractivity (Wildman–Crippen MR) is 92.8 cm³/mol. The molecule has 0 aliphatic rings. The average Bonchev–Trinajstić information content (AvgIpc) is 2.55. The Morgan fingerprint density at radius 2 is 1.96 bits per heavy atom. The highest BCUT2D eigenvalue weighted by atomic mass is 32.2. The van der Waals surface area contributed by atoms with Crippen LogP contribution in [0.5, 0.6) is 0 Å². The smallest absolute Gasteiger partial charge is 0.251 e. The van der Waals surface area contributed by atoms with Gasteiger partial charge in [-0.25, -0.2) is 4.98 Å². The lowest BCUT2D eigenvalue weighted by Crippen LogP contribution is -2.23. The number of amides is 1. The Morgan fingerprint density at radius 3 is 2.78 bits per heavy atom. The van der Waals surface area contributed by atoms with Crippen molar-refractivity contribution in [2.75, 3.05) is 5.32 Å². The molecule has 3 aromatic rings. The van der Waals surface area contributed by atoms with Gasteiger partial charge in [0.05, 0.1) is 5.25 Å². The lowest BCUT2D eigenvalue weighted by atomic mass is 10.1. The summed E-state index contributed by atoms with van der Waals surface area (Å²) in [4.78, 5) is 30.3. The van der Waals surface area contributed by atoms with E-state index >= 15 is 0 Å². The first-order chi connectivity index (χ1) is 11.1. The maximum Gasteiger partial charge on any atom is 0.251 e. The maximum atomic E-state index is 12.4. The van der Waals surface area contributed by atoms with Crippen molar-refractivity contribution < 1.29 is 4.79 Å². The summed E-state index contributed by atoms with van der Waals surface area (Å²) in [5, 5.41) is 5.04. The van der Waals surface area contributed by atoms with Crippen LogP contribution < -0.4 is 10.9 Å². The molecule has 1 amide bonds. The van der Waals surface area contributed by atoms with E-state index in [9.17, 15) is 9.59 Å². The molecule has 0 spiro atoms. The third-order valence-corrected chi connectivity index (χ3v) is 4.35. The van der Waals surface area contributed by atoms with Gasteiger partial charge in [-0.1, -0.05) is 48.2 Å². The number of aromatic nitrogens is 2. The number of aromatic amines is 1. The molecule has 0 saturated carbocycles. The molecule has 116 valence electrons. The average molecular weight is 325 g/mol. The molecule has 1 atom stereocenters. The summed E-state index contributed by atoms with van der Waals surface area (Å²) in [6, 6.07) is 15.0. The summed E-state index contributed by atoms with van der Waals surface area (Å²) >= 11 is 1.21. The van der Waals surface area contributed by atoms with Gasteiger partial charge in [-0.3, -0.25) is 9.59 Å². The number of rotatable bonds is 4. The van der Waals surface area contributed by atoms with Gasteiger partial charge in [0.25, 0.3) is 5.56 Å². The summed E-state index contributed by atoms with van der Waals surface area (Å²) in [5.41, 5.74) is 0.541. The van der Waals surface area contributed by atoms with Gasteiger partial charge < -0.3 is 10.3 Å². The number of H-pyrrole nitrogens is 1. The van der Waals surface area contributed by atoms with E-state index in [1.165, 1.54) is 24.0 Å². The highest BCUT2D eigenvalue weighted by Crippen LogP contribution is 2.25. The molecular formula is C17H15N3O2S. The Labute approximate surface area is 137 Å². The number of benzene rings is 2. The number of nitrogens with one attached hydrogen (secondary N) is 2. The third kappa shape index (κ3) is 3.60.